The van der Waals surface area contributed by atoms with Crippen LogP contribution in [0, 0.1) is 11.7 Å². The second kappa shape index (κ2) is 12.4. The zero-order chi connectivity index (χ0) is 23.6. The van der Waals surface area contributed by atoms with Gasteiger partial charge in [-0.2, -0.15) is 0 Å². The molecule has 2 aliphatic rings. The Balaban J connectivity index is 0.000000189. The number of hydrogen-bond acceptors (Lipinski definition) is 5. The summed E-state index contributed by atoms with van der Waals surface area (Å²) in [4.78, 5) is 15.6. The second-order valence-electron chi connectivity index (χ2n) is 8.65. The van der Waals surface area contributed by atoms with E-state index in [9.17, 15) is 9.18 Å². The van der Waals surface area contributed by atoms with Gasteiger partial charge in [-0.1, -0.05) is 6.07 Å². The van der Waals surface area contributed by atoms with E-state index < -0.39 is 0 Å². The molecule has 2 aromatic carbocycles. The molecule has 0 spiro atoms. The lowest BCUT2D eigenvalue weighted by atomic mass is 10.1. The van der Waals surface area contributed by atoms with E-state index in [2.05, 4.69) is 21.9 Å². The largest absolute Gasteiger partial charge is 0.493 e. The number of halogens is 1. The maximum Gasteiger partial charge on any atom is 0.222 e. The van der Waals surface area contributed by atoms with Gasteiger partial charge in [-0.15, -0.1) is 0 Å². The molecule has 180 valence electrons. The van der Waals surface area contributed by atoms with Gasteiger partial charge in [0.25, 0.3) is 0 Å². The molecule has 1 unspecified atom stereocenters. The second-order valence-corrected chi connectivity index (χ2v) is 8.65. The smallest absolute Gasteiger partial charge is 0.222 e. The summed E-state index contributed by atoms with van der Waals surface area (Å²) < 4.78 is 23.3. The lowest BCUT2D eigenvalue weighted by molar-refractivity contribution is -0.121. The van der Waals surface area contributed by atoms with Gasteiger partial charge in [0, 0.05) is 18.8 Å². The average Bonchev–Trinajstić information content (AvgIpc) is 3.52. The van der Waals surface area contributed by atoms with Gasteiger partial charge in [-0.05, 0) is 93.7 Å². The molecule has 0 aliphatic carbocycles. The molecule has 2 aliphatic heterocycles. The first-order valence-corrected chi connectivity index (χ1v) is 11.7. The Morgan fingerprint density at radius 2 is 1.73 bits per heavy atom. The van der Waals surface area contributed by atoms with Crippen molar-refractivity contribution >= 4 is 11.6 Å². The van der Waals surface area contributed by atoms with Crippen LogP contribution >= 0.6 is 0 Å². The normalized spacial score (nSPS) is 18.0. The highest BCUT2D eigenvalue weighted by Crippen LogP contribution is 2.28. The molecule has 2 aromatic rings. The van der Waals surface area contributed by atoms with Crippen molar-refractivity contribution in [3.8, 4) is 11.5 Å². The minimum absolute atomic E-state index is 0.0740. The molecule has 1 atom stereocenters. The number of primary amides is 1. The van der Waals surface area contributed by atoms with Crippen LogP contribution in [-0.2, 0) is 11.2 Å². The Hall–Kier alpha value is -2.80. The van der Waals surface area contributed by atoms with E-state index in [1.165, 1.54) is 56.6 Å². The molecule has 6 nitrogen and oxygen atoms in total. The van der Waals surface area contributed by atoms with Crippen molar-refractivity contribution in [3.05, 3.63) is 53.8 Å². The fraction of sp³-hybridized carbons (Fsp3) is 0.500. The Morgan fingerprint density at radius 1 is 1.03 bits per heavy atom. The van der Waals surface area contributed by atoms with Gasteiger partial charge in [0.15, 0.2) is 11.5 Å². The molecule has 2 heterocycles. The Bertz CT molecular complexity index is 885. The van der Waals surface area contributed by atoms with Gasteiger partial charge in [0.05, 0.1) is 20.1 Å². The Labute approximate surface area is 196 Å². The minimum atomic E-state index is -0.250. The van der Waals surface area contributed by atoms with Gasteiger partial charge in [0.2, 0.25) is 5.91 Å². The summed E-state index contributed by atoms with van der Waals surface area (Å²) >= 11 is 0. The number of carbonyl (C=O) groups excluding carboxylic acids is 1. The number of likely N-dealkylation sites (tertiary alicyclic amines) is 1. The average molecular weight is 458 g/mol. The molecule has 0 bridgehead atoms. The fourth-order valence-electron chi connectivity index (χ4n) is 4.43. The first kappa shape index (κ1) is 24.8. The van der Waals surface area contributed by atoms with Gasteiger partial charge >= 0.3 is 0 Å². The summed E-state index contributed by atoms with van der Waals surface area (Å²) in [5.41, 5.74) is 7.51. The number of nitrogens with zero attached hydrogens (tertiary/aromatic N) is 2. The molecule has 1 amide bonds. The molecule has 2 saturated heterocycles. The zero-order valence-corrected chi connectivity index (χ0v) is 19.8. The van der Waals surface area contributed by atoms with Crippen molar-refractivity contribution in [2.75, 3.05) is 51.8 Å². The molecule has 0 saturated carbocycles. The number of ether oxygens (including phenoxy) is 2. The van der Waals surface area contributed by atoms with Crippen LogP contribution in [0.5, 0.6) is 11.5 Å². The third kappa shape index (κ3) is 7.35. The first-order chi connectivity index (χ1) is 16.0. The SMILES string of the molecule is COc1ccc(CCCN2CCCC2)cc1OC.NC(=O)C1CCN(c2ccc(F)cc2)C1. The highest BCUT2D eigenvalue weighted by atomic mass is 19.1. The predicted octanol–water partition coefficient (Wildman–Crippen LogP) is 3.87. The van der Waals surface area contributed by atoms with Crippen LogP contribution in [0.15, 0.2) is 42.5 Å². The van der Waals surface area contributed by atoms with E-state index in [1.807, 2.05) is 6.07 Å². The summed E-state index contributed by atoms with van der Waals surface area (Å²) in [6.07, 6.45) is 5.85. The Morgan fingerprint density at radius 3 is 2.33 bits per heavy atom. The van der Waals surface area contributed by atoms with Gasteiger partial charge in [-0.3, -0.25) is 4.79 Å². The number of amides is 1. The number of methoxy groups -OCH3 is 2. The van der Waals surface area contributed by atoms with E-state index in [0.29, 0.717) is 6.54 Å². The lowest BCUT2D eigenvalue weighted by Crippen LogP contribution is -2.27. The summed E-state index contributed by atoms with van der Waals surface area (Å²) in [6.45, 7) is 5.23. The fourth-order valence-corrected chi connectivity index (χ4v) is 4.43. The molecule has 33 heavy (non-hydrogen) atoms. The van der Waals surface area contributed by atoms with Crippen molar-refractivity contribution in [3.63, 3.8) is 0 Å². The van der Waals surface area contributed by atoms with Crippen molar-refractivity contribution in [1.82, 2.24) is 4.90 Å². The Kier molecular flexibility index (Phi) is 9.36. The molecule has 0 aromatic heterocycles. The van der Waals surface area contributed by atoms with Crippen molar-refractivity contribution in [2.24, 2.45) is 11.7 Å². The van der Waals surface area contributed by atoms with Crippen molar-refractivity contribution in [2.45, 2.75) is 32.1 Å². The van der Waals surface area contributed by atoms with Crippen molar-refractivity contribution < 1.29 is 18.7 Å². The third-order valence-corrected chi connectivity index (χ3v) is 6.37. The van der Waals surface area contributed by atoms with E-state index in [0.717, 1.165) is 36.6 Å². The number of hydrogen-bond donors (Lipinski definition) is 1. The highest BCUT2D eigenvalue weighted by molar-refractivity contribution is 5.78. The molecule has 7 heteroatoms. The standard InChI is InChI=1S/C15H23NO2.C11H13FN2O/c1-17-14-8-7-13(12-15(14)18-2)6-5-11-16-9-3-4-10-16;12-9-1-3-10(4-2-9)14-6-5-8(7-14)11(13)15/h7-8,12H,3-6,9-11H2,1-2H3;1-4,8H,5-7H2,(H2,13,15). The summed E-state index contributed by atoms with van der Waals surface area (Å²) in [6, 6.07) is 12.5. The lowest BCUT2D eigenvalue weighted by Gasteiger charge is -2.17. The van der Waals surface area contributed by atoms with Crippen LogP contribution in [0.4, 0.5) is 10.1 Å². The van der Waals surface area contributed by atoms with Crippen molar-refractivity contribution in [1.29, 1.82) is 0 Å². The van der Waals surface area contributed by atoms with Gasteiger partial charge in [-0.25, -0.2) is 4.39 Å². The van der Waals surface area contributed by atoms with E-state index in [4.69, 9.17) is 15.2 Å². The first-order valence-electron chi connectivity index (χ1n) is 11.7. The monoisotopic (exact) mass is 457 g/mol. The number of carbonyl (C=O) groups is 1. The van der Waals surface area contributed by atoms with Crippen LogP contribution in [0.25, 0.3) is 0 Å². The quantitative estimate of drug-likeness (QED) is 0.652. The number of benzene rings is 2. The molecule has 2 fully saturated rings. The maximum absolute atomic E-state index is 12.7. The summed E-state index contributed by atoms with van der Waals surface area (Å²) in [5, 5.41) is 0. The molecule has 4 rings (SSSR count). The highest BCUT2D eigenvalue weighted by Gasteiger charge is 2.26. The number of rotatable bonds is 8. The predicted molar refractivity (Wildman–Crippen MR) is 129 cm³/mol. The van der Waals surface area contributed by atoms with Crippen LogP contribution < -0.4 is 20.1 Å². The molecular weight excluding hydrogens is 421 g/mol. The zero-order valence-electron chi connectivity index (χ0n) is 19.8. The van der Waals surface area contributed by atoms with Crippen LogP contribution in [0.2, 0.25) is 0 Å². The van der Waals surface area contributed by atoms with Crippen LogP contribution in [-0.4, -0.2) is 57.8 Å². The van der Waals surface area contributed by atoms with Crippen LogP contribution in [0.3, 0.4) is 0 Å². The van der Waals surface area contributed by atoms with E-state index >= 15 is 0 Å². The molecule has 2 N–H and O–H groups in total. The summed E-state index contributed by atoms with van der Waals surface area (Å²) in [5.74, 6) is 1.07. The minimum Gasteiger partial charge on any atom is -0.493 e. The van der Waals surface area contributed by atoms with Gasteiger partial charge in [0.1, 0.15) is 5.82 Å². The molecular formula is C26H36FN3O3. The van der Waals surface area contributed by atoms with E-state index in [-0.39, 0.29) is 17.6 Å². The van der Waals surface area contributed by atoms with E-state index in [1.54, 1.807) is 26.4 Å². The molecule has 0 radical (unpaired) electrons. The van der Waals surface area contributed by atoms with Crippen LogP contribution in [0.1, 0.15) is 31.2 Å². The number of anilines is 1. The summed E-state index contributed by atoms with van der Waals surface area (Å²) in [7, 11) is 3.36. The number of aryl methyl sites for hydroxylation is 1. The maximum atomic E-state index is 12.7. The topological polar surface area (TPSA) is 68.0 Å². The third-order valence-electron chi connectivity index (χ3n) is 6.37. The van der Waals surface area contributed by atoms with Gasteiger partial charge < -0.3 is 25.0 Å². The number of nitrogens with two attached hydrogens (primary N) is 1.